The Kier molecular flexibility index (Phi) is 2.57. The van der Waals surface area contributed by atoms with Gasteiger partial charge >= 0.3 is 0 Å². The average Bonchev–Trinajstić information content (AvgIpc) is 1.83. The molecule has 0 unspecified atom stereocenters. The number of rotatable bonds is 0. The molecule has 0 spiro atoms. The minimum atomic E-state index is 0.118. The minimum Gasteiger partial charge on any atom is -0.259 e. The van der Waals surface area contributed by atoms with Crippen LogP contribution in [0.4, 0.5) is 0 Å². The van der Waals surface area contributed by atoms with E-state index in [4.69, 9.17) is 0 Å². The average molecular weight is 228 g/mol. The maximum Gasteiger partial charge on any atom is 0.0599 e. The Hall–Kier alpha value is -0.370. The maximum atomic E-state index is 4.40. The topological polar surface area (TPSA) is 12.9 Å². The van der Waals surface area contributed by atoms with E-state index in [9.17, 15) is 0 Å². The molecule has 0 aromatic carbocycles. The third kappa shape index (κ3) is 2.07. The van der Waals surface area contributed by atoms with E-state index in [1.54, 1.807) is 0 Å². The molecular weight excluding hydrogens is 214 g/mol. The van der Waals surface area contributed by atoms with Gasteiger partial charge in [0.2, 0.25) is 0 Å². The molecule has 0 saturated carbocycles. The summed E-state index contributed by atoms with van der Waals surface area (Å²) >= 11 is 3.52. The van der Waals surface area contributed by atoms with Crippen molar-refractivity contribution in [3.05, 3.63) is 28.0 Å². The highest BCUT2D eigenvalue weighted by atomic mass is 79.9. The zero-order chi connectivity index (χ0) is 9.35. The summed E-state index contributed by atoms with van der Waals surface area (Å²) in [5.41, 5.74) is 2.43. The molecule has 0 radical (unpaired) electrons. The molecule has 0 aliphatic carbocycles. The van der Waals surface area contributed by atoms with E-state index in [0.717, 1.165) is 10.2 Å². The third-order valence-electron chi connectivity index (χ3n) is 1.69. The van der Waals surface area contributed by atoms with Gasteiger partial charge in [-0.15, -0.1) is 0 Å². The Morgan fingerprint density at radius 1 is 1.33 bits per heavy atom. The summed E-state index contributed by atoms with van der Waals surface area (Å²) in [4.78, 5) is 4.40. The lowest BCUT2D eigenvalue weighted by atomic mass is 9.91. The van der Waals surface area contributed by atoms with Gasteiger partial charge in [-0.25, -0.2) is 0 Å². The van der Waals surface area contributed by atoms with Gasteiger partial charge in [0.05, 0.1) is 5.69 Å². The molecule has 0 fully saturated rings. The Morgan fingerprint density at radius 2 is 1.92 bits per heavy atom. The summed E-state index contributed by atoms with van der Waals surface area (Å²) in [7, 11) is 0. The van der Waals surface area contributed by atoms with Gasteiger partial charge in [0, 0.05) is 16.1 Å². The second kappa shape index (κ2) is 3.17. The molecule has 1 rings (SSSR count). The first-order valence-corrected chi connectivity index (χ1v) is 4.83. The van der Waals surface area contributed by atoms with Crippen LogP contribution in [0.1, 0.15) is 32.0 Å². The second-order valence-corrected chi connectivity index (χ2v) is 4.95. The van der Waals surface area contributed by atoms with Crippen molar-refractivity contribution in [3.8, 4) is 0 Å². The van der Waals surface area contributed by atoms with Crippen LogP contribution in [0.15, 0.2) is 16.7 Å². The standard InChI is InChI=1S/C10H14BrN/c1-7-5-8(11)9(12-6-7)10(2,3)4/h5-6H,1-4H3. The van der Waals surface area contributed by atoms with Crippen molar-refractivity contribution in [2.75, 3.05) is 0 Å². The zero-order valence-corrected chi connectivity index (χ0v) is 9.57. The van der Waals surface area contributed by atoms with E-state index >= 15 is 0 Å². The van der Waals surface area contributed by atoms with Gasteiger partial charge in [-0.3, -0.25) is 4.98 Å². The Morgan fingerprint density at radius 3 is 2.33 bits per heavy atom. The van der Waals surface area contributed by atoms with Crippen molar-refractivity contribution < 1.29 is 0 Å². The monoisotopic (exact) mass is 227 g/mol. The largest absolute Gasteiger partial charge is 0.259 e. The molecule has 0 bridgehead atoms. The fourth-order valence-corrected chi connectivity index (χ4v) is 2.14. The SMILES string of the molecule is Cc1cnc(C(C)(C)C)c(Br)c1. The van der Waals surface area contributed by atoms with Crippen molar-refractivity contribution in [2.45, 2.75) is 33.1 Å². The van der Waals surface area contributed by atoms with Gasteiger partial charge in [-0.2, -0.15) is 0 Å². The van der Waals surface area contributed by atoms with Gasteiger partial charge in [0.1, 0.15) is 0 Å². The highest BCUT2D eigenvalue weighted by Gasteiger charge is 2.18. The molecule has 1 heterocycles. The number of halogens is 1. The normalized spacial score (nSPS) is 11.8. The molecule has 0 amide bonds. The third-order valence-corrected chi connectivity index (χ3v) is 2.29. The van der Waals surface area contributed by atoms with E-state index < -0.39 is 0 Å². The zero-order valence-electron chi connectivity index (χ0n) is 7.98. The fourth-order valence-electron chi connectivity index (χ4n) is 1.09. The van der Waals surface area contributed by atoms with Crippen LogP contribution in [0.3, 0.4) is 0 Å². The smallest absolute Gasteiger partial charge is 0.0599 e. The lowest BCUT2D eigenvalue weighted by molar-refractivity contribution is 0.565. The van der Waals surface area contributed by atoms with Crippen LogP contribution in [-0.4, -0.2) is 4.98 Å². The summed E-state index contributed by atoms with van der Waals surface area (Å²) in [6.45, 7) is 8.53. The summed E-state index contributed by atoms with van der Waals surface area (Å²) in [6.07, 6.45) is 1.91. The summed E-state index contributed by atoms with van der Waals surface area (Å²) in [6, 6.07) is 2.10. The molecule has 66 valence electrons. The van der Waals surface area contributed by atoms with Crippen molar-refractivity contribution in [2.24, 2.45) is 0 Å². The van der Waals surface area contributed by atoms with Gasteiger partial charge in [-0.1, -0.05) is 20.8 Å². The van der Waals surface area contributed by atoms with Crippen LogP contribution in [0.5, 0.6) is 0 Å². The van der Waals surface area contributed by atoms with E-state index in [0.29, 0.717) is 0 Å². The molecule has 0 N–H and O–H groups in total. The highest BCUT2D eigenvalue weighted by molar-refractivity contribution is 9.10. The van der Waals surface area contributed by atoms with E-state index in [1.807, 2.05) is 13.1 Å². The molecule has 0 aliphatic heterocycles. The van der Waals surface area contributed by atoms with Gasteiger partial charge in [0.25, 0.3) is 0 Å². The van der Waals surface area contributed by atoms with Crippen LogP contribution < -0.4 is 0 Å². The van der Waals surface area contributed by atoms with E-state index in [-0.39, 0.29) is 5.41 Å². The number of nitrogens with zero attached hydrogens (tertiary/aromatic N) is 1. The molecular formula is C10H14BrN. The number of hydrogen-bond acceptors (Lipinski definition) is 1. The first-order chi connectivity index (χ1) is 5.41. The molecule has 0 saturated heterocycles. The Balaban J connectivity index is 3.19. The van der Waals surface area contributed by atoms with Gasteiger partial charge < -0.3 is 0 Å². The van der Waals surface area contributed by atoms with Crippen molar-refractivity contribution in [3.63, 3.8) is 0 Å². The molecule has 12 heavy (non-hydrogen) atoms. The lowest BCUT2D eigenvalue weighted by Gasteiger charge is -2.19. The van der Waals surface area contributed by atoms with Crippen molar-refractivity contribution in [1.82, 2.24) is 4.98 Å². The Labute approximate surface area is 82.3 Å². The molecule has 2 heteroatoms. The maximum absolute atomic E-state index is 4.40. The van der Waals surface area contributed by atoms with Crippen molar-refractivity contribution >= 4 is 15.9 Å². The van der Waals surface area contributed by atoms with Gasteiger partial charge in [0.15, 0.2) is 0 Å². The number of aromatic nitrogens is 1. The van der Waals surface area contributed by atoms with Crippen LogP contribution in [0, 0.1) is 6.92 Å². The molecule has 1 aromatic heterocycles. The quantitative estimate of drug-likeness (QED) is 0.662. The van der Waals surface area contributed by atoms with Crippen LogP contribution >= 0.6 is 15.9 Å². The predicted molar refractivity (Wildman–Crippen MR) is 55.4 cm³/mol. The molecule has 0 aliphatic rings. The predicted octanol–water partition coefficient (Wildman–Crippen LogP) is 3.45. The number of pyridine rings is 1. The number of hydrogen-bond donors (Lipinski definition) is 0. The van der Waals surface area contributed by atoms with Crippen LogP contribution in [-0.2, 0) is 5.41 Å². The molecule has 1 nitrogen and oxygen atoms in total. The van der Waals surface area contributed by atoms with Gasteiger partial charge in [-0.05, 0) is 34.5 Å². The lowest BCUT2D eigenvalue weighted by Crippen LogP contribution is -2.14. The van der Waals surface area contributed by atoms with E-state index in [1.165, 1.54) is 5.56 Å². The summed E-state index contributed by atoms with van der Waals surface area (Å²) < 4.78 is 1.11. The van der Waals surface area contributed by atoms with Crippen molar-refractivity contribution in [1.29, 1.82) is 0 Å². The molecule has 1 aromatic rings. The minimum absolute atomic E-state index is 0.118. The fraction of sp³-hybridized carbons (Fsp3) is 0.500. The summed E-state index contributed by atoms with van der Waals surface area (Å²) in [5.74, 6) is 0. The van der Waals surface area contributed by atoms with Crippen LogP contribution in [0.2, 0.25) is 0 Å². The first kappa shape index (κ1) is 9.72. The Bertz CT molecular complexity index is 286. The first-order valence-electron chi connectivity index (χ1n) is 4.04. The second-order valence-electron chi connectivity index (χ2n) is 4.09. The number of aryl methyl sites for hydroxylation is 1. The van der Waals surface area contributed by atoms with Crippen LogP contribution in [0.25, 0.3) is 0 Å². The highest BCUT2D eigenvalue weighted by Crippen LogP contribution is 2.27. The summed E-state index contributed by atoms with van der Waals surface area (Å²) in [5, 5.41) is 0. The molecule has 0 atom stereocenters. The van der Waals surface area contributed by atoms with E-state index in [2.05, 4.69) is 47.8 Å².